The lowest BCUT2D eigenvalue weighted by Crippen LogP contribution is -2.24. The molecular weight excluding hydrogens is 216 g/mol. The minimum absolute atomic E-state index is 0.135. The number of hydrogen-bond donors (Lipinski definition) is 0. The van der Waals surface area contributed by atoms with Crippen LogP contribution in [-0.2, 0) is 20.9 Å². The molecule has 0 fully saturated rings. The van der Waals surface area contributed by atoms with E-state index in [4.69, 9.17) is 16.3 Å². The molecule has 0 saturated carbocycles. The van der Waals surface area contributed by atoms with E-state index in [1.54, 1.807) is 0 Å². The summed E-state index contributed by atoms with van der Waals surface area (Å²) < 4.78 is 4.86. The van der Waals surface area contributed by atoms with E-state index in [-0.39, 0.29) is 6.61 Å². The van der Waals surface area contributed by atoms with Crippen LogP contribution in [0.2, 0.25) is 0 Å². The van der Waals surface area contributed by atoms with E-state index in [2.05, 4.69) is 0 Å². The van der Waals surface area contributed by atoms with E-state index in [1.165, 1.54) is 6.92 Å². The van der Waals surface area contributed by atoms with Gasteiger partial charge in [0.1, 0.15) is 6.61 Å². The second-order valence-electron chi connectivity index (χ2n) is 3.07. The van der Waals surface area contributed by atoms with Crippen molar-refractivity contribution in [3.63, 3.8) is 0 Å². The van der Waals surface area contributed by atoms with Crippen molar-refractivity contribution < 1.29 is 14.3 Å². The Balaban J connectivity index is 2.44. The lowest BCUT2D eigenvalue weighted by molar-refractivity contribution is -0.146. The molecule has 80 valence electrons. The second kappa shape index (κ2) is 5.51. The highest BCUT2D eigenvalue weighted by atomic mass is 35.5. The topological polar surface area (TPSA) is 43.4 Å². The highest BCUT2D eigenvalue weighted by Gasteiger charge is 2.21. The van der Waals surface area contributed by atoms with Gasteiger partial charge >= 0.3 is 5.97 Å². The van der Waals surface area contributed by atoms with E-state index < -0.39 is 17.1 Å². The Hall–Kier alpha value is -1.35. The highest BCUT2D eigenvalue weighted by molar-refractivity contribution is 6.40. The van der Waals surface area contributed by atoms with Crippen molar-refractivity contribution >= 4 is 23.4 Å². The van der Waals surface area contributed by atoms with E-state index in [0.29, 0.717) is 0 Å². The highest BCUT2D eigenvalue weighted by Crippen LogP contribution is 2.05. The summed E-state index contributed by atoms with van der Waals surface area (Å²) in [5, 5.41) is -1.20. The number of alkyl halides is 1. The minimum Gasteiger partial charge on any atom is -0.459 e. The molecule has 0 heterocycles. The smallest absolute Gasteiger partial charge is 0.332 e. The number of esters is 1. The number of ketones is 1. The standard InChI is InChI=1S/C11H11ClO3/c1-8(13)10(12)11(14)15-7-9-5-3-2-4-6-9/h2-6,10H,7H2,1H3/t10-/m0/s1. The fourth-order valence-corrected chi connectivity index (χ4v) is 1.03. The van der Waals surface area contributed by atoms with Gasteiger partial charge < -0.3 is 4.74 Å². The molecule has 0 aromatic heterocycles. The van der Waals surface area contributed by atoms with E-state index in [1.807, 2.05) is 30.3 Å². The summed E-state index contributed by atoms with van der Waals surface area (Å²) in [5.41, 5.74) is 0.860. The number of hydrogen-bond acceptors (Lipinski definition) is 3. The van der Waals surface area contributed by atoms with Crippen LogP contribution in [0, 0.1) is 0 Å². The largest absolute Gasteiger partial charge is 0.459 e. The maximum Gasteiger partial charge on any atom is 0.332 e. The predicted octanol–water partition coefficient (Wildman–Crippen LogP) is 1.93. The molecule has 0 radical (unpaired) electrons. The van der Waals surface area contributed by atoms with Gasteiger partial charge in [-0.25, -0.2) is 4.79 Å². The van der Waals surface area contributed by atoms with Gasteiger partial charge in [0.25, 0.3) is 0 Å². The molecule has 0 N–H and O–H groups in total. The number of rotatable bonds is 4. The molecule has 1 aromatic rings. The maximum atomic E-state index is 11.2. The van der Waals surface area contributed by atoms with Crippen molar-refractivity contribution in [1.82, 2.24) is 0 Å². The fourth-order valence-electron chi connectivity index (χ4n) is 0.968. The maximum absolute atomic E-state index is 11.2. The molecule has 4 heteroatoms. The van der Waals surface area contributed by atoms with Crippen molar-refractivity contribution in [2.24, 2.45) is 0 Å². The monoisotopic (exact) mass is 226 g/mol. The first-order valence-corrected chi connectivity index (χ1v) is 4.90. The van der Waals surface area contributed by atoms with Crippen molar-refractivity contribution in [3.05, 3.63) is 35.9 Å². The average molecular weight is 227 g/mol. The SMILES string of the molecule is CC(=O)[C@H](Cl)C(=O)OCc1ccccc1. The lowest BCUT2D eigenvalue weighted by Gasteiger charge is -2.06. The van der Waals surface area contributed by atoms with Gasteiger partial charge in [-0.3, -0.25) is 4.79 Å². The van der Waals surface area contributed by atoms with Crippen LogP contribution in [0.25, 0.3) is 0 Å². The van der Waals surface area contributed by atoms with Gasteiger partial charge in [0.2, 0.25) is 0 Å². The third-order valence-electron chi connectivity index (χ3n) is 1.79. The molecule has 15 heavy (non-hydrogen) atoms. The Kier molecular flexibility index (Phi) is 4.31. The summed E-state index contributed by atoms with van der Waals surface area (Å²) in [6.45, 7) is 1.39. The van der Waals surface area contributed by atoms with Gasteiger partial charge in [-0.2, -0.15) is 0 Å². The number of benzene rings is 1. The van der Waals surface area contributed by atoms with Crippen LogP contribution in [0.4, 0.5) is 0 Å². The number of carbonyl (C=O) groups excluding carboxylic acids is 2. The summed E-state index contributed by atoms with van der Waals surface area (Å²) in [6, 6.07) is 9.19. The minimum atomic E-state index is -1.20. The molecule has 0 unspecified atom stereocenters. The quantitative estimate of drug-likeness (QED) is 0.448. The van der Waals surface area contributed by atoms with E-state index in [9.17, 15) is 9.59 Å². The Morgan fingerprint density at radius 3 is 2.47 bits per heavy atom. The van der Waals surface area contributed by atoms with Crippen molar-refractivity contribution in [3.8, 4) is 0 Å². The van der Waals surface area contributed by atoms with Crippen molar-refractivity contribution in [2.75, 3.05) is 0 Å². The van der Waals surface area contributed by atoms with Crippen LogP contribution >= 0.6 is 11.6 Å². The van der Waals surface area contributed by atoms with Crippen LogP contribution in [0.1, 0.15) is 12.5 Å². The third-order valence-corrected chi connectivity index (χ3v) is 2.27. The molecule has 0 spiro atoms. The normalized spacial score (nSPS) is 11.9. The average Bonchev–Trinajstić information content (AvgIpc) is 2.26. The molecule has 0 saturated heterocycles. The molecule has 1 atom stereocenters. The van der Waals surface area contributed by atoms with Crippen LogP contribution in [0.5, 0.6) is 0 Å². The van der Waals surface area contributed by atoms with Gasteiger partial charge in [-0.15, -0.1) is 11.6 Å². The Labute approximate surface area is 93.0 Å². The first kappa shape index (κ1) is 11.7. The predicted molar refractivity (Wildman–Crippen MR) is 56.6 cm³/mol. The Morgan fingerprint density at radius 2 is 1.93 bits per heavy atom. The number of Topliss-reactive ketones (excluding diaryl/α,β-unsaturated/α-hetero) is 1. The van der Waals surface area contributed by atoms with Crippen molar-refractivity contribution in [2.45, 2.75) is 18.9 Å². The van der Waals surface area contributed by atoms with E-state index in [0.717, 1.165) is 5.56 Å². The number of carbonyl (C=O) groups is 2. The Morgan fingerprint density at radius 1 is 1.33 bits per heavy atom. The van der Waals surface area contributed by atoms with E-state index >= 15 is 0 Å². The molecule has 1 rings (SSSR count). The lowest BCUT2D eigenvalue weighted by atomic mass is 10.2. The van der Waals surface area contributed by atoms with Crippen LogP contribution in [0.15, 0.2) is 30.3 Å². The molecule has 1 aromatic carbocycles. The summed E-state index contributed by atoms with van der Waals surface area (Å²) >= 11 is 5.51. The molecule has 0 bridgehead atoms. The number of halogens is 1. The van der Waals surface area contributed by atoms with Gasteiger partial charge in [0.05, 0.1) is 0 Å². The first-order chi connectivity index (χ1) is 7.11. The molecule has 0 aliphatic heterocycles. The second-order valence-corrected chi connectivity index (χ2v) is 3.50. The molecule has 0 aliphatic rings. The van der Waals surface area contributed by atoms with Crippen molar-refractivity contribution in [1.29, 1.82) is 0 Å². The summed E-state index contributed by atoms with van der Waals surface area (Å²) in [5.74, 6) is -1.11. The van der Waals surface area contributed by atoms with Crippen LogP contribution in [0.3, 0.4) is 0 Å². The zero-order valence-electron chi connectivity index (χ0n) is 8.27. The van der Waals surface area contributed by atoms with Gasteiger partial charge in [0, 0.05) is 0 Å². The van der Waals surface area contributed by atoms with Crippen LogP contribution in [-0.4, -0.2) is 17.1 Å². The van der Waals surface area contributed by atoms with Crippen LogP contribution < -0.4 is 0 Å². The number of ether oxygens (including phenoxy) is 1. The summed E-state index contributed by atoms with van der Waals surface area (Å²) in [6.07, 6.45) is 0. The third kappa shape index (κ3) is 3.72. The molecule has 0 amide bonds. The molecular formula is C11H11ClO3. The molecule has 3 nitrogen and oxygen atoms in total. The fraction of sp³-hybridized carbons (Fsp3) is 0.273. The first-order valence-electron chi connectivity index (χ1n) is 4.46. The summed E-state index contributed by atoms with van der Waals surface area (Å²) in [4.78, 5) is 21.9. The Bertz CT molecular complexity index is 348. The zero-order chi connectivity index (χ0) is 11.3. The molecule has 0 aliphatic carbocycles. The summed E-state index contributed by atoms with van der Waals surface area (Å²) in [7, 11) is 0. The van der Waals surface area contributed by atoms with Gasteiger partial charge in [-0.05, 0) is 12.5 Å². The van der Waals surface area contributed by atoms with Gasteiger partial charge in [0.15, 0.2) is 11.2 Å². The zero-order valence-corrected chi connectivity index (χ0v) is 9.03. The van der Waals surface area contributed by atoms with Gasteiger partial charge in [-0.1, -0.05) is 30.3 Å².